The van der Waals surface area contributed by atoms with Crippen molar-refractivity contribution in [1.29, 1.82) is 5.26 Å². The van der Waals surface area contributed by atoms with Crippen LogP contribution in [0.3, 0.4) is 0 Å². The van der Waals surface area contributed by atoms with E-state index in [1.807, 2.05) is 6.07 Å². The quantitative estimate of drug-likeness (QED) is 0.804. The highest BCUT2D eigenvalue weighted by Gasteiger charge is 2.28. The van der Waals surface area contributed by atoms with Crippen LogP contribution in [0, 0.1) is 18.3 Å². The maximum Gasteiger partial charge on any atom is 0.343 e. The minimum absolute atomic E-state index is 0.0367. The largest absolute Gasteiger partial charge is 0.449 e. The Kier molecular flexibility index (Phi) is 4.55. The van der Waals surface area contributed by atoms with Crippen LogP contribution in [0.5, 0.6) is 0 Å². The van der Waals surface area contributed by atoms with Gasteiger partial charge in [-0.3, -0.25) is 9.36 Å². The maximum absolute atomic E-state index is 12.4. The van der Waals surface area contributed by atoms with Crippen LogP contribution < -0.4 is 0 Å². The van der Waals surface area contributed by atoms with E-state index in [1.54, 1.807) is 50.1 Å². The molecule has 0 spiro atoms. The third-order valence-corrected chi connectivity index (χ3v) is 3.29. The lowest BCUT2D eigenvalue weighted by atomic mass is 10.1. The third kappa shape index (κ3) is 3.11. The molecule has 0 aliphatic rings. The van der Waals surface area contributed by atoms with Gasteiger partial charge in [0.15, 0.2) is 6.10 Å². The molecular weight excluding hydrogens is 298 g/mol. The van der Waals surface area contributed by atoms with Crippen molar-refractivity contribution in [2.45, 2.75) is 20.0 Å². The third-order valence-electron chi connectivity index (χ3n) is 3.29. The van der Waals surface area contributed by atoms with Crippen molar-refractivity contribution >= 4 is 11.9 Å². The zero-order valence-corrected chi connectivity index (χ0v) is 13.4. The number of esters is 1. The number of aromatic nitrogens is 1. The molecule has 1 amide bonds. The van der Waals surface area contributed by atoms with E-state index in [2.05, 4.69) is 0 Å². The number of likely N-dealkylation sites (N-methyl/N-ethyl adjacent to an activating group) is 1. The number of amides is 1. The van der Waals surface area contributed by atoms with Crippen molar-refractivity contribution in [1.82, 2.24) is 9.47 Å². The van der Waals surface area contributed by atoms with Crippen molar-refractivity contribution in [2.24, 2.45) is 0 Å². The first-order valence-electron chi connectivity index (χ1n) is 6.95. The lowest BCUT2D eigenvalue weighted by molar-refractivity contribution is -0.137. The number of ether oxygens (including phenoxy) is 1. The van der Waals surface area contributed by atoms with Gasteiger partial charge in [0.25, 0.3) is 5.91 Å². The summed E-state index contributed by atoms with van der Waals surface area (Å²) in [6.45, 7) is 3.05. The Labute approximate surface area is 133 Å². The summed E-state index contributed by atoms with van der Waals surface area (Å²) < 4.78 is 12.3. The van der Waals surface area contributed by atoms with Crippen molar-refractivity contribution < 1.29 is 18.7 Å². The Balaban J connectivity index is 2.35. The zero-order valence-electron chi connectivity index (χ0n) is 13.4. The number of furan rings is 1. The van der Waals surface area contributed by atoms with Gasteiger partial charge in [0.1, 0.15) is 23.0 Å². The molecule has 0 bridgehead atoms. The SMILES string of the molecule is Cc1oc(-n2cccc2)c(C#N)c1C(=O)O[C@@H](C)C(=O)N(C)C. The van der Waals surface area contributed by atoms with Crippen molar-refractivity contribution in [3.8, 4) is 12.0 Å². The number of carbonyl (C=O) groups excluding carboxylic acids is 2. The maximum atomic E-state index is 12.4. The molecule has 7 nitrogen and oxygen atoms in total. The summed E-state index contributed by atoms with van der Waals surface area (Å²) in [5, 5.41) is 9.39. The minimum atomic E-state index is -0.951. The molecule has 2 rings (SSSR count). The Morgan fingerprint density at radius 3 is 2.48 bits per heavy atom. The molecule has 0 unspecified atom stereocenters. The zero-order chi connectivity index (χ0) is 17.1. The fourth-order valence-electron chi connectivity index (χ4n) is 2.16. The summed E-state index contributed by atoms with van der Waals surface area (Å²) in [7, 11) is 3.14. The van der Waals surface area contributed by atoms with E-state index in [0.29, 0.717) is 0 Å². The van der Waals surface area contributed by atoms with Crippen molar-refractivity contribution in [2.75, 3.05) is 14.1 Å². The molecular formula is C16H17N3O4. The molecule has 2 heterocycles. The molecule has 120 valence electrons. The lowest BCUT2D eigenvalue weighted by Gasteiger charge is -2.17. The van der Waals surface area contributed by atoms with E-state index >= 15 is 0 Å². The van der Waals surface area contributed by atoms with Crippen LogP contribution in [0.2, 0.25) is 0 Å². The Hall–Kier alpha value is -3.01. The average molecular weight is 315 g/mol. The highest BCUT2D eigenvalue weighted by atomic mass is 16.5. The number of hydrogen-bond acceptors (Lipinski definition) is 5. The first-order chi connectivity index (χ1) is 10.9. The number of hydrogen-bond donors (Lipinski definition) is 0. The van der Waals surface area contributed by atoms with E-state index in [0.717, 1.165) is 0 Å². The van der Waals surface area contributed by atoms with Crippen LogP contribution in [0.1, 0.15) is 28.6 Å². The van der Waals surface area contributed by atoms with Crippen LogP contribution in [-0.2, 0) is 9.53 Å². The second kappa shape index (κ2) is 6.40. The van der Waals surface area contributed by atoms with Gasteiger partial charge in [0.05, 0.1) is 0 Å². The number of nitrogens with zero attached hydrogens (tertiary/aromatic N) is 3. The lowest BCUT2D eigenvalue weighted by Crippen LogP contribution is -2.35. The Morgan fingerprint density at radius 1 is 1.35 bits per heavy atom. The molecule has 23 heavy (non-hydrogen) atoms. The monoisotopic (exact) mass is 315 g/mol. The predicted octanol–water partition coefficient (Wildman–Crippen LogP) is 1.88. The van der Waals surface area contributed by atoms with Crippen LogP contribution in [0.4, 0.5) is 0 Å². The molecule has 0 saturated carbocycles. The Morgan fingerprint density at radius 2 is 1.96 bits per heavy atom. The summed E-state index contributed by atoms with van der Waals surface area (Å²) in [6.07, 6.45) is 2.45. The second-order valence-corrected chi connectivity index (χ2v) is 5.20. The fourth-order valence-corrected chi connectivity index (χ4v) is 2.16. The normalized spacial score (nSPS) is 11.6. The van der Waals surface area contributed by atoms with Crippen LogP contribution in [-0.4, -0.2) is 41.5 Å². The number of carbonyl (C=O) groups is 2. The minimum Gasteiger partial charge on any atom is -0.449 e. The summed E-state index contributed by atoms with van der Waals surface area (Å²) >= 11 is 0. The highest BCUT2D eigenvalue weighted by molar-refractivity contribution is 5.96. The van der Waals surface area contributed by atoms with Gasteiger partial charge in [-0.25, -0.2) is 4.79 Å². The predicted molar refractivity (Wildman–Crippen MR) is 81.1 cm³/mol. The molecule has 0 saturated heterocycles. The van der Waals surface area contributed by atoms with Gasteiger partial charge in [-0.2, -0.15) is 5.26 Å². The van der Waals surface area contributed by atoms with Crippen molar-refractivity contribution in [3.05, 3.63) is 41.4 Å². The molecule has 0 aliphatic carbocycles. The summed E-state index contributed by atoms with van der Waals surface area (Å²) in [5.74, 6) is -0.596. The van der Waals surface area contributed by atoms with E-state index in [9.17, 15) is 14.9 Å². The summed E-state index contributed by atoms with van der Waals surface area (Å²) in [5.41, 5.74) is 0.114. The molecule has 7 heteroatoms. The number of aryl methyl sites for hydroxylation is 1. The highest BCUT2D eigenvalue weighted by Crippen LogP contribution is 2.26. The number of rotatable bonds is 4. The molecule has 0 N–H and O–H groups in total. The van der Waals surface area contributed by atoms with Gasteiger partial charge in [0.2, 0.25) is 5.88 Å². The van der Waals surface area contributed by atoms with E-state index in [1.165, 1.54) is 11.8 Å². The molecule has 0 fully saturated rings. The molecule has 1 atom stereocenters. The van der Waals surface area contributed by atoms with Crippen LogP contribution in [0.25, 0.3) is 5.88 Å². The molecule has 2 aromatic rings. The topological polar surface area (TPSA) is 88.5 Å². The molecule has 0 radical (unpaired) electrons. The smallest absolute Gasteiger partial charge is 0.343 e. The van der Waals surface area contributed by atoms with Crippen LogP contribution in [0.15, 0.2) is 28.9 Å². The van der Waals surface area contributed by atoms with Gasteiger partial charge in [0, 0.05) is 26.5 Å². The average Bonchev–Trinajstić information content (AvgIpc) is 3.12. The van der Waals surface area contributed by atoms with Gasteiger partial charge in [-0.15, -0.1) is 0 Å². The molecule has 2 aromatic heterocycles. The van der Waals surface area contributed by atoms with E-state index in [-0.39, 0.29) is 28.7 Å². The van der Waals surface area contributed by atoms with Gasteiger partial charge in [-0.1, -0.05) is 0 Å². The van der Waals surface area contributed by atoms with Gasteiger partial charge >= 0.3 is 5.97 Å². The van der Waals surface area contributed by atoms with Gasteiger partial charge < -0.3 is 14.1 Å². The summed E-state index contributed by atoms with van der Waals surface area (Å²) in [4.78, 5) is 25.5. The summed E-state index contributed by atoms with van der Waals surface area (Å²) in [6, 6.07) is 5.51. The molecule has 0 aliphatic heterocycles. The fraction of sp³-hybridized carbons (Fsp3) is 0.312. The first kappa shape index (κ1) is 16.4. The number of nitriles is 1. The first-order valence-corrected chi connectivity index (χ1v) is 6.95. The van der Waals surface area contributed by atoms with E-state index < -0.39 is 12.1 Å². The second-order valence-electron chi connectivity index (χ2n) is 5.20. The molecule has 0 aromatic carbocycles. The Bertz CT molecular complexity index is 766. The van der Waals surface area contributed by atoms with Crippen molar-refractivity contribution in [3.63, 3.8) is 0 Å². The van der Waals surface area contributed by atoms with Gasteiger partial charge in [-0.05, 0) is 26.0 Å². The van der Waals surface area contributed by atoms with Crippen LogP contribution >= 0.6 is 0 Å². The standard InChI is InChI=1S/C16H17N3O4/c1-10-13(16(21)23-11(2)14(20)18(3)4)12(9-17)15(22-10)19-7-5-6-8-19/h5-8,11H,1-4H3/t11-/m0/s1. The van der Waals surface area contributed by atoms with E-state index in [4.69, 9.17) is 9.15 Å².